The summed E-state index contributed by atoms with van der Waals surface area (Å²) >= 11 is 0. The van der Waals surface area contributed by atoms with Gasteiger partial charge >= 0.3 is 0 Å². The van der Waals surface area contributed by atoms with Crippen LogP contribution in [0.3, 0.4) is 0 Å². The molecule has 0 aliphatic heterocycles. The molecule has 0 spiro atoms. The van der Waals surface area contributed by atoms with Gasteiger partial charge in [0.05, 0.1) is 0 Å². The molecule has 1 atom stereocenters. The van der Waals surface area contributed by atoms with E-state index in [0.29, 0.717) is 0 Å². The van der Waals surface area contributed by atoms with Gasteiger partial charge in [0.25, 0.3) is 0 Å². The van der Waals surface area contributed by atoms with Gasteiger partial charge in [-0.1, -0.05) is 67.6 Å². The van der Waals surface area contributed by atoms with Crippen molar-refractivity contribution in [2.75, 3.05) is 0 Å². The molecule has 2 heteroatoms. The second-order valence-electron chi connectivity index (χ2n) is 5.68. The van der Waals surface area contributed by atoms with Gasteiger partial charge in [-0.3, -0.25) is 0 Å². The van der Waals surface area contributed by atoms with E-state index in [0.717, 1.165) is 29.2 Å². The molecule has 0 radical (unpaired) electrons. The zero-order valence-corrected chi connectivity index (χ0v) is 14.1. The summed E-state index contributed by atoms with van der Waals surface area (Å²) in [5, 5.41) is 0. The molecule has 0 saturated heterocycles. The molecule has 0 saturated carbocycles. The van der Waals surface area contributed by atoms with Crippen LogP contribution in [-0.4, -0.2) is 0 Å². The van der Waals surface area contributed by atoms with E-state index >= 15 is 0 Å². The van der Waals surface area contributed by atoms with Crippen molar-refractivity contribution in [3.63, 3.8) is 0 Å². The number of ether oxygens (including phenoxy) is 2. The average Bonchev–Trinajstić information content (AvgIpc) is 2.64. The summed E-state index contributed by atoms with van der Waals surface area (Å²) in [5.74, 6) is 2.37. The van der Waals surface area contributed by atoms with E-state index in [1.165, 1.54) is 5.56 Å². The van der Waals surface area contributed by atoms with Crippen molar-refractivity contribution >= 4 is 0 Å². The summed E-state index contributed by atoms with van der Waals surface area (Å²) in [6.07, 6.45) is 0.886. The quantitative estimate of drug-likeness (QED) is 0.540. The fraction of sp³-hybridized carbons (Fsp3) is 0.182. The molecule has 1 unspecified atom stereocenters. The molecule has 122 valence electrons. The van der Waals surface area contributed by atoms with Gasteiger partial charge in [0.15, 0.2) is 11.5 Å². The van der Waals surface area contributed by atoms with E-state index < -0.39 is 0 Å². The third-order valence-electron chi connectivity index (χ3n) is 4.00. The molecule has 0 aliphatic rings. The molecule has 0 amide bonds. The highest BCUT2D eigenvalue weighted by Crippen LogP contribution is 2.35. The van der Waals surface area contributed by atoms with Gasteiger partial charge in [0, 0.05) is 0 Å². The molecular formula is C22H22O2. The molecule has 0 aromatic heterocycles. The molecule has 0 heterocycles. The first-order chi connectivity index (χ1) is 11.8. The lowest BCUT2D eigenvalue weighted by Crippen LogP contribution is -2.04. The van der Waals surface area contributed by atoms with Crippen molar-refractivity contribution in [1.82, 2.24) is 0 Å². The largest absolute Gasteiger partial charge is 0.482 e. The Morgan fingerprint density at radius 3 is 2.00 bits per heavy atom. The van der Waals surface area contributed by atoms with Gasteiger partial charge in [-0.25, -0.2) is 0 Å². The molecule has 2 nitrogen and oxygen atoms in total. The van der Waals surface area contributed by atoms with Crippen molar-refractivity contribution in [3.8, 4) is 17.2 Å². The molecule has 0 fully saturated rings. The Hall–Kier alpha value is -2.74. The summed E-state index contributed by atoms with van der Waals surface area (Å²) in [6.45, 7) is 4.17. The first-order valence-electron chi connectivity index (χ1n) is 8.34. The van der Waals surface area contributed by atoms with Crippen LogP contribution >= 0.6 is 0 Å². The lowest BCUT2D eigenvalue weighted by Gasteiger charge is -2.18. The number of aryl methyl sites for hydroxylation is 1. The van der Waals surface area contributed by atoms with Gasteiger partial charge in [-0.05, 0) is 42.7 Å². The summed E-state index contributed by atoms with van der Waals surface area (Å²) in [5.41, 5.74) is 2.32. The van der Waals surface area contributed by atoms with Crippen LogP contribution in [0.5, 0.6) is 17.2 Å². The monoisotopic (exact) mass is 318 g/mol. The number of hydrogen-bond acceptors (Lipinski definition) is 2. The summed E-state index contributed by atoms with van der Waals surface area (Å²) in [6, 6.07) is 26.1. The highest BCUT2D eigenvalue weighted by Gasteiger charge is 2.12. The third kappa shape index (κ3) is 3.77. The van der Waals surface area contributed by atoms with E-state index in [4.69, 9.17) is 9.47 Å². The van der Waals surface area contributed by atoms with Crippen LogP contribution in [-0.2, 0) is 6.42 Å². The Kier molecular flexibility index (Phi) is 5.17. The zero-order valence-electron chi connectivity index (χ0n) is 14.1. The lowest BCUT2D eigenvalue weighted by molar-refractivity contribution is 0.218. The number of hydrogen-bond donors (Lipinski definition) is 0. The van der Waals surface area contributed by atoms with Crippen molar-refractivity contribution in [3.05, 3.63) is 90.0 Å². The molecule has 3 aromatic carbocycles. The van der Waals surface area contributed by atoms with Crippen LogP contribution in [0.4, 0.5) is 0 Å². The minimum atomic E-state index is -0.0441. The minimum absolute atomic E-state index is 0.0441. The van der Waals surface area contributed by atoms with Gasteiger partial charge in [0.1, 0.15) is 11.9 Å². The number of para-hydroxylation sites is 3. The van der Waals surface area contributed by atoms with Crippen molar-refractivity contribution in [1.29, 1.82) is 0 Å². The molecule has 24 heavy (non-hydrogen) atoms. The Morgan fingerprint density at radius 2 is 1.29 bits per heavy atom. The molecular weight excluding hydrogens is 296 g/mol. The van der Waals surface area contributed by atoms with E-state index in [9.17, 15) is 0 Å². The second-order valence-corrected chi connectivity index (χ2v) is 5.68. The van der Waals surface area contributed by atoms with Crippen LogP contribution in [0.15, 0.2) is 78.9 Å². The van der Waals surface area contributed by atoms with Gasteiger partial charge in [-0.2, -0.15) is 0 Å². The SMILES string of the molecule is CCc1ccccc1Oc1ccccc1OC(C)c1ccccc1. The van der Waals surface area contributed by atoms with Gasteiger partial charge < -0.3 is 9.47 Å². The summed E-state index contributed by atoms with van der Waals surface area (Å²) < 4.78 is 12.3. The Bertz CT molecular complexity index is 781. The van der Waals surface area contributed by atoms with Crippen molar-refractivity contribution in [2.45, 2.75) is 26.4 Å². The summed E-state index contributed by atoms with van der Waals surface area (Å²) in [4.78, 5) is 0. The van der Waals surface area contributed by atoms with E-state index in [2.05, 4.69) is 25.1 Å². The normalized spacial score (nSPS) is 11.8. The topological polar surface area (TPSA) is 18.5 Å². The predicted octanol–water partition coefficient (Wildman–Crippen LogP) is 6.18. The van der Waals surface area contributed by atoms with Crippen LogP contribution in [0.1, 0.15) is 31.1 Å². The van der Waals surface area contributed by atoms with Crippen LogP contribution in [0, 0.1) is 0 Å². The maximum Gasteiger partial charge on any atom is 0.169 e. The highest BCUT2D eigenvalue weighted by molar-refractivity contribution is 5.45. The smallest absolute Gasteiger partial charge is 0.169 e. The fourth-order valence-electron chi connectivity index (χ4n) is 2.63. The zero-order chi connectivity index (χ0) is 16.8. The standard InChI is InChI=1S/C22H22O2/c1-3-18-11-7-8-14-20(18)24-22-16-10-9-15-21(22)23-17(2)19-12-5-4-6-13-19/h4-17H,3H2,1-2H3. The fourth-order valence-corrected chi connectivity index (χ4v) is 2.63. The second kappa shape index (κ2) is 7.69. The number of rotatable bonds is 6. The maximum atomic E-state index is 6.15. The molecule has 3 rings (SSSR count). The Labute approximate surface area is 143 Å². The maximum absolute atomic E-state index is 6.15. The third-order valence-corrected chi connectivity index (χ3v) is 4.00. The Morgan fingerprint density at radius 1 is 0.708 bits per heavy atom. The summed E-state index contributed by atoms with van der Waals surface area (Å²) in [7, 11) is 0. The molecule has 0 aliphatic carbocycles. The lowest BCUT2D eigenvalue weighted by atomic mass is 10.1. The first kappa shape index (κ1) is 16.1. The van der Waals surface area contributed by atoms with Gasteiger partial charge in [0.2, 0.25) is 0 Å². The van der Waals surface area contributed by atoms with Gasteiger partial charge in [-0.15, -0.1) is 0 Å². The van der Waals surface area contributed by atoms with E-state index in [-0.39, 0.29) is 6.10 Å². The highest BCUT2D eigenvalue weighted by atomic mass is 16.5. The average molecular weight is 318 g/mol. The minimum Gasteiger partial charge on any atom is -0.482 e. The molecule has 0 bridgehead atoms. The van der Waals surface area contributed by atoms with Crippen LogP contribution in [0.2, 0.25) is 0 Å². The van der Waals surface area contributed by atoms with Crippen molar-refractivity contribution in [2.24, 2.45) is 0 Å². The van der Waals surface area contributed by atoms with Crippen LogP contribution in [0.25, 0.3) is 0 Å². The predicted molar refractivity (Wildman–Crippen MR) is 97.8 cm³/mol. The Balaban J connectivity index is 1.83. The van der Waals surface area contributed by atoms with Crippen LogP contribution < -0.4 is 9.47 Å². The number of benzene rings is 3. The van der Waals surface area contributed by atoms with E-state index in [1.54, 1.807) is 0 Å². The van der Waals surface area contributed by atoms with E-state index in [1.807, 2.05) is 67.6 Å². The first-order valence-corrected chi connectivity index (χ1v) is 8.34. The van der Waals surface area contributed by atoms with Crippen molar-refractivity contribution < 1.29 is 9.47 Å². The molecule has 0 N–H and O–H groups in total. The molecule has 3 aromatic rings.